The normalized spacial score (nSPS) is 7.25. The van der Waals surface area contributed by atoms with Crippen molar-refractivity contribution in [2.24, 2.45) is 0 Å². The van der Waals surface area contributed by atoms with Crippen LogP contribution in [0, 0.1) is 0 Å². The van der Waals surface area contributed by atoms with Crippen LogP contribution in [0.3, 0.4) is 0 Å². The van der Waals surface area contributed by atoms with E-state index in [9.17, 15) is 4.79 Å². The molecular formula is C12H30O4. The number of carbonyl (C=O) groups is 1. The number of hydrogen-bond acceptors (Lipinski definition) is 4. The van der Waals surface area contributed by atoms with Gasteiger partial charge in [-0.3, -0.25) is 0 Å². The molecular weight excluding hydrogens is 208 g/mol. The Morgan fingerprint density at radius 2 is 1.12 bits per heavy atom. The van der Waals surface area contributed by atoms with Gasteiger partial charge in [0.05, 0.1) is 0 Å². The number of aliphatic hydroxyl groups excluding tert-OH is 3. The zero-order valence-corrected chi connectivity index (χ0v) is 11.5. The molecule has 0 aromatic rings. The van der Waals surface area contributed by atoms with Crippen molar-refractivity contribution in [3.63, 3.8) is 0 Å². The van der Waals surface area contributed by atoms with Crippen LogP contribution in [0.4, 0.5) is 0 Å². The van der Waals surface area contributed by atoms with Crippen LogP contribution >= 0.6 is 0 Å². The van der Waals surface area contributed by atoms with Gasteiger partial charge in [-0.2, -0.15) is 0 Å². The second kappa shape index (κ2) is 36.5. The van der Waals surface area contributed by atoms with E-state index >= 15 is 0 Å². The third-order valence-electron chi connectivity index (χ3n) is 0.735. The fourth-order valence-corrected chi connectivity index (χ4v) is 0.158. The predicted molar refractivity (Wildman–Crippen MR) is 68.5 cm³/mol. The van der Waals surface area contributed by atoms with E-state index in [2.05, 4.69) is 6.92 Å². The average Bonchev–Trinajstić information content (AvgIpc) is 2.20. The SMILES string of the molecule is CC(C)=O.CCCCO.CCCO.CCO. The number of aliphatic hydroxyl groups is 3. The van der Waals surface area contributed by atoms with E-state index in [-0.39, 0.29) is 12.4 Å². The van der Waals surface area contributed by atoms with E-state index < -0.39 is 0 Å². The lowest BCUT2D eigenvalue weighted by molar-refractivity contribution is -0.114. The molecule has 0 amide bonds. The molecule has 0 saturated heterocycles. The maximum Gasteiger partial charge on any atom is 0.126 e. The molecule has 0 fully saturated rings. The third-order valence-corrected chi connectivity index (χ3v) is 0.735. The van der Waals surface area contributed by atoms with E-state index in [4.69, 9.17) is 15.3 Å². The highest BCUT2D eigenvalue weighted by molar-refractivity contribution is 5.72. The molecule has 0 aromatic carbocycles. The molecule has 3 N–H and O–H groups in total. The number of carbonyl (C=O) groups excluding carboxylic acids is 1. The Morgan fingerprint density at radius 3 is 1.12 bits per heavy atom. The molecule has 0 aliphatic rings. The first kappa shape index (κ1) is 24.7. The van der Waals surface area contributed by atoms with Crippen LogP contribution in [0.25, 0.3) is 0 Å². The van der Waals surface area contributed by atoms with Crippen molar-refractivity contribution in [3.05, 3.63) is 0 Å². The summed E-state index contributed by atoms with van der Waals surface area (Å²) < 4.78 is 0. The standard InChI is InChI=1S/C4H10O.C3H6O.C3H8O.C2H6O/c1-2-3-4-5;1-3(2)4;1-2-3-4;1-2-3/h5H,2-4H2,1H3;1-2H3;4H,2-3H2,1H3;3H,2H2,1H3. The minimum atomic E-state index is 0.167. The Hall–Kier alpha value is -0.450. The van der Waals surface area contributed by atoms with Crippen LogP contribution in [0.5, 0.6) is 0 Å². The summed E-state index contributed by atoms with van der Waals surface area (Å²) in [6, 6.07) is 0. The van der Waals surface area contributed by atoms with Gasteiger partial charge in [0.2, 0.25) is 0 Å². The molecule has 0 atom stereocenters. The number of hydrogen-bond donors (Lipinski definition) is 3. The zero-order chi connectivity index (χ0) is 13.8. The Bertz CT molecular complexity index is 87.0. The topological polar surface area (TPSA) is 77.8 Å². The number of ketones is 1. The first-order chi connectivity index (χ1) is 7.47. The molecule has 102 valence electrons. The Morgan fingerprint density at radius 1 is 0.875 bits per heavy atom. The minimum absolute atomic E-state index is 0.167. The monoisotopic (exact) mass is 238 g/mol. The van der Waals surface area contributed by atoms with Gasteiger partial charge in [-0.25, -0.2) is 0 Å². The van der Waals surface area contributed by atoms with Gasteiger partial charge in [0.15, 0.2) is 0 Å². The second-order valence-electron chi connectivity index (χ2n) is 3.03. The molecule has 16 heavy (non-hydrogen) atoms. The molecule has 4 heteroatoms. The summed E-state index contributed by atoms with van der Waals surface area (Å²) in [5, 5.41) is 23.5. The number of unbranched alkanes of at least 4 members (excludes halogenated alkanes) is 1. The van der Waals surface area contributed by atoms with Gasteiger partial charge >= 0.3 is 0 Å². The summed E-state index contributed by atoms with van der Waals surface area (Å²) in [4.78, 5) is 9.44. The van der Waals surface area contributed by atoms with Crippen molar-refractivity contribution in [1.29, 1.82) is 0 Å². The van der Waals surface area contributed by atoms with E-state index in [1.54, 1.807) is 6.92 Å². The molecule has 0 rings (SSSR count). The lowest BCUT2D eigenvalue weighted by atomic mass is 10.4. The highest BCUT2D eigenvalue weighted by Gasteiger charge is 1.69. The van der Waals surface area contributed by atoms with Crippen molar-refractivity contribution < 1.29 is 20.1 Å². The van der Waals surface area contributed by atoms with Crippen molar-refractivity contribution in [3.8, 4) is 0 Å². The fourth-order valence-electron chi connectivity index (χ4n) is 0.158. The summed E-state index contributed by atoms with van der Waals surface area (Å²) in [5.41, 5.74) is 0. The highest BCUT2D eigenvalue weighted by Crippen LogP contribution is 1.78. The second-order valence-corrected chi connectivity index (χ2v) is 3.03. The summed E-state index contributed by atoms with van der Waals surface area (Å²) >= 11 is 0. The average molecular weight is 238 g/mol. The van der Waals surface area contributed by atoms with Crippen molar-refractivity contribution >= 4 is 5.78 Å². The largest absolute Gasteiger partial charge is 0.397 e. The molecule has 0 aromatic heterocycles. The van der Waals surface area contributed by atoms with Gasteiger partial charge in [0.25, 0.3) is 0 Å². The van der Waals surface area contributed by atoms with Gasteiger partial charge in [0, 0.05) is 19.8 Å². The van der Waals surface area contributed by atoms with Gasteiger partial charge in [-0.1, -0.05) is 20.3 Å². The predicted octanol–water partition coefficient (Wildman–Crippen LogP) is 1.76. The van der Waals surface area contributed by atoms with E-state index in [1.165, 1.54) is 13.8 Å². The smallest absolute Gasteiger partial charge is 0.126 e. The Balaban J connectivity index is -0.0000000610. The molecule has 0 unspecified atom stereocenters. The molecule has 0 saturated carbocycles. The van der Waals surface area contributed by atoms with E-state index in [0.717, 1.165) is 19.3 Å². The molecule has 0 heterocycles. The van der Waals surface area contributed by atoms with Crippen LogP contribution in [0.15, 0.2) is 0 Å². The van der Waals surface area contributed by atoms with E-state index in [0.29, 0.717) is 13.2 Å². The molecule has 0 aliphatic heterocycles. The van der Waals surface area contributed by atoms with Crippen LogP contribution in [-0.4, -0.2) is 40.9 Å². The maximum atomic E-state index is 9.44. The summed E-state index contributed by atoms with van der Waals surface area (Å²) in [6.45, 7) is 9.63. The molecule has 0 aliphatic carbocycles. The number of rotatable bonds is 3. The highest BCUT2D eigenvalue weighted by atomic mass is 16.3. The van der Waals surface area contributed by atoms with Crippen LogP contribution < -0.4 is 0 Å². The molecule has 0 radical (unpaired) electrons. The first-order valence-electron chi connectivity index (χ1n) is 5.77. The first-order valence-corrected chi connectivity index (χ1v) is 5.77. The zero-order valence-electron chi connectivity index (χ0n) is 11.5. The lowest BCUT2D eigenvalue weighted by Crippen LogP contribution is -1.75. The van der Waals surface area contributed by atoms with Gasteiger partial charge in [0.1, 0.15) is 5.78 Å². The summed E-state index contributed by atoms with van der Waals surface area (Å²) in [5.74, 6) is 0.167. The third kappa shape index (κ3) is 328. The van der Waals surface area contributed by atoms with Crippen molar-refractivity contribution in [2.75, 3.05) is 19.8 Å². The van der Waals surface area contributed by atoms with Crippen molar-refractivity contribution in [2.45, 2.75) is 53.9 Å². The summed E-state index contributed by atoms with van der Waals surface area (Å²) in [6.07, 6.45) is 2.91. The Labute approximate surface area is 100 Å². The molecule has 0 spiro atoms. The Kier molecular flexibility index (Phi) is 56.4. The fraction of sp³-hybridized carbons (Fsp3) is 0.917. The van der Waals surface area contributed by atoms with Crippen LogP contribution in [0.2, 0.25) is 0 Å². The van der Waals surface area contributed by atoms with Gasteiger partial charge < -0.3 is 20.1 Å². The lowest BCUT2D eigenvalue weighted by Gasteiger charge is -1.79. The van der Waals surface area contributed by atoms with E-state index in [1.807, 2.05) is 6.92 Å². The van der Waals surface area contributed by atoms with Gasteiger partial charge in [-0.05, 0) is 33.6 Å². The number of Topliss-reactive ketones (excluding diaryl/α,β-unsaturated/α-hetero) is 1. The van der Waals surface area contributed by atoms with Crippen LogP contribution in [-0.2, 0) is 4.79 Å². The summed E-state index contributed by atoms with van der Waals surface area (Å²) in [7, 11) is 0. The molecule has 0 bridgehead atoms. The maximum absolute atomic E-state index is 9.44. The van der Waals surface area contributed by atoms with Gasteiger partial charge in [-0.15, -0.1) is 0 Å². The van der Waals surface area contributed by atoms with Crippen LogP contribution in [0.1, 0.15) is 53.9 Å². The quantitative estimate of drug-likeness (QED) is 0.700. The minimum Gasteiger partial charge on any atom is -0.397 e. The van der Waals surface area contributed by atoms with Crippen molar-refractivity contribution in [1.82, 2.24) is 0 Å². The molecule has 4 nitrogen and oxygen atoms in total.